The molecule has 3 nitrogen and oxygen atoms in total. The fourth-order valence-electron chi connectivity index (χ4n) is 3.14. The standard InChI is InChI=1S/C13H21F3N2O/c14-13(15,16)10-5-4-8-18(9-10)11(19)12(17)6-2-1-3-7-12/h10H,1-9,17H2. The summed E-state index contributed by atoms with van der Waals surface area (Å²) < 4.78 is 38.2. The minimum Gasteiger partial charge on any atom is -0.340 e. The van der Waals surface area contributed by atoms with Crippen LogP contribution in [-0.4, -0.2) is 35.6 Å². The van der Waals surface area contributed by atoms with Crippen LogP contribution in [0.1, 0.15) is 44.9 Å². The maximum Gasteiger partial charge on any atom is 0.393 e. The number of alkyl halides is 3. The Kier molecular flexibility index (Phi) is 4.08. The number of rotatable bonds is 1. The first-order valence-electron chi connectivity index (χ1n) is 6.98. The number of likely N-dealkylation sites (tertiary alicyclic amines) is 1. The average molecular weight is 278 g/mol. The zero-order valence-electron chi connectivity index (χ0n) is 11.0. The van der Waals surface area contributed by atoms with E-state index in [-0.39, 0.29) is 18.9 Å². The molecule has 110 valence electrons. The van der Waals surface area contributed by atoms with Gasteiger partial charge in [-0.25, -0.2) is 0 Å². The van der Waals surface area contributed by atoms with Gasteiger partial charge in [-0.1, -0.05) is 19.3 Å². The van der Waals surface area contributed by atoms with Crippen molar-refractivity contribution in [3.05, 3.63) is 0 Å². The van der Waals surface area contributed by atoms with Crippen molar-refractivity contribution in [2.45, 2.75) is 56.7 Å². The number of amides is 1. The first-order valence-corrected chi connectivity index (χ1v) is 6.98. The number of nitrogens with zero attached hydrogens (tertiary/aromatic N) is 1. The van der Waals surface area contributed by atoms with Gasteiger partial charge in [0.2, 0.25) is 5.91 Å². The van der Waals surface area contributed by atoms with E-state index in [9.17, 15) is 18.0 Å². The Morgan fingerprint density at radius 1 is 1.16 bits per heavy atom. The van der Waals surface area contributed by atoms with Crippen LogP contribution in [0.5, 0.6) is 0 Å². The van der Waals surface area contributed by atoms with Crippen molar-refractivity contribution in [1.82, 2.24) is 4.90 Å². The first-order chi connectivity index (χ1) is 8.83. The second-order valence-electron chi connectivity index (χ2n) is 5.85. The van der Waals surface area contributed by atoms with Gasteiger partial charge < -0.3 is 10.6 Å². The van der Waals surface area contributed by atoms with Crippen LogP contribution in [0, 0.1) is 5.92 Å². The Morgan fingerprint density at radius 3 is 2.37 bits per heavy atom. The SMILES string of the molecule is NC1(C(=O)N2CCCC(C(F)(F)F)C2)CCCCC1. The summed E-state index contributed by atoms with van der Waals surface area (Å²) in [5.41, 5.74) is 5.19. The van der Waals surface area contributed by atoms with Gasteiger partial charge in [0.05, 0.1) is 11.5 Å². The van der Waals surface area contributed by atoms with Gasteiger partial charge in [-0.15, -0.1) is 0 Å². The summed E-state index contributed by atoms with van der Waals surface area (Å²) in [6.07, 6.45) is 0.330. The maximum atomic E-state index is 12.7. The minimum atomic E-state index is -4.22. The molecule has 0 aromatic heterocycles. The monoisotopic (exact) mass is 278 g/mol. The molecule has 6 heteroatoms. The molecule has 1 amide bonds. The number of nitrogens with two attached hydrogens (primary N) is 1. The van der Waals surface area contributed by atoms with E-state index in [4.69, 9.17) is 5.73 Å². The summed E-state index contributed by atoms with van der Waals surface area (Å²) >= 11 is 0. The van der Waals surface area contributed by atoms with Crippen LogP contribution in [0.4, 0.5) is 13.2 Å². The molecular weight excluding hydrogens is 257 g/mol. The molecule has 1 unspecified atom stereocenters. The van der Waals surface area contributed by atoms with Crippen molar-refractivity contribution in [2.24, 2.45) is 11.7 Å². The Hall–Kier alpha value is -0.780. The molecule has 2 aliphatic rings. The lowest BCUT2D eigenvalue weighted by atomic mass is 9.81. The zero-order chi connectivity index (χ0) is 14.1. The lowest BCUT2D eigenvalue weighted by Crippen LogP contribution is -2.58. The molecule has 1 aliphatic carbocycles. The van der Waals surface area contributed by atoms with Gasteiger partial charge in [0, 0.05) is 13.1 Å². The Morgan fingerprint density at radius 2 is 1.79 bits per heavy atom. The van der Waals surface area contributed by atoms with Crippen molar-refractivity contribution in [2.75, 3.05) is 13.1 Å². The fourth-order valence-corrected chi connectivity index (χ4v) is 3.14. The Balaban J connectivity index is 2.02. The quantitative estimate of drug-likeness (QED) is 0.801. The van der Waals surface area contributed by atoms with Crippen molar-refractivity contribution < 1.29 is 18.0 Å². The molecule has 2 fully saturated rings. The van der Waals surface area contributed by atoms with Gasteiger partial charge in [-0.2, -0.15) is 13.2 Å². The molecule has 2 N–H and O–H groups in total. The molecule has 19 heavy (non-hydrogen) atoms. The molecule has 0 radical (unpaired) electrons. The number of carbonyl (C=O) groups excluding carboxylic acids is 1. The van der Waals surface area contributed by atoms with Crippen LogP contribution < -0.4 is 5.73 Å². The van der Waals surface area contributed by atoms with E-state index < -0.39 is 17.6 Å². The Bertz CT molecular complexity index is 337. The third kappa shape index (κ3) is 3.22. The van der Waals surface area contributed by atoms with E-state index >= 15 is 0 Å². The molecule has 0 aromatic carbocycles. The van der Waals surface area contributed by atoms with Gasteiger partial charge in [-0.05, 0) is 25.7 Å². The second kappa shape index (κ2) is 5.31. The highest BCUT2D eigenvalue weighted by Gasteiger charge is 2.45. The molecule has 2 rings (SSSR count). The van der Waals surface area contributed by atoms with Crippen LogP contribution >= 0.6 is 0 Å². The zero-order valence-corrected chi connectivity index (χ0v) is 11.0. The Labute approximate surface area is 111 Å². The fraction of sp³-hybridized carbons (Fsp3) is 0.923. The van der Waals surface area contributed by atoms with Crippen LogP contribution in [-0.2, 0) is 4.79 Å². The number of hydrogen-bond donors (Lipinski definition) is 1. The van der Waals surface area contributed by atoms with Crippen LogP contribution in [0.15, 0.2) is 0 Å². The van der Waals surface area contributed by atoms with Crippen LogP contribution in [0.25, 0.3) is 0 Å². The summed E-state index contributed by atoms with van der Waals surface area (Å²) in [5.74, 6) is -1.67. The van der Waals surface area contributed by atoms with E-state index in [1.54, 1.807) is 0 Å². The minimum absolute atomic E-state index is 0.116. The van der Waals surface area contributed by atoms with Gasteiger partial charge in [0.15, 0.2) is 0 Å². The third-order valence-corrected chi connectivity index (χ3v) is 4.34. The van der Waals surface area contributed by atoms with Gasteiger partial charge in [-0.3, -0.25) is 4.79 Å². The largest absolute Gasteiger partial charge is 0.393 e. The lowest BCUT2D eigenvalue weighted by Gasteiger charge is -2.40. The highest BCUT2D eigenvalue weighted by molar-refractivity contribution is 5.86. The lowest BCUT2D eigenvalue weighted by molar-refractivity contribution is -0.189. The summed E-state index contributed by atoms with van der Waals surface area (Å²) in [6, 6.07) is 0. The van der Waals surface area contributed by atoms with E-state index in [1.807, 2.05) is 0 Å². The topological polar surface area (TPSA) is 46.3 Å². The van der Waals surface area contributed by atoms with E-state index in [0.29, 0.717) is 25.8 Å². The van der Waals surface area contributed by atoms with E-state index in [1.165, 1.54) is 4.90 Å². The highest BCUT2D eigenvalue weighted by atomic mass is 19.4. The molecular formula is C13H21F3N2O. The first kappa shape index (κ1) is 14.6. The number of carbonyl (C=O) groups is 1. The van der Waals surface area contributed by atoms with Crippen LogP contribution in [0.2, 0.25) is 0 Å². The molecule has 1 aliphatic heterocycles. The third-order valence-electron chi connectivity index (χ3n) is 4.34. The summed E-state index contributed by atoms with van der Waals surface area (Å²) in [6.45, 7) is 0.186. The second-order valence-corrected chi connectivity index (χ2v) is 5.85. The van der Waals surface area contributed by atoms with E-state index in [2.05, 4.69) is 0 Å². The van der Waals surface area contributed by atoms with Gasteiger partial charge in [0.1, 0.15) is 0 Å². The molecule has 0 bridgehead atoms. The summed E-state index contributed by atoms with van der Waals surface area (Å²) in [4.78, 5) is 13.7. The summed E-state index contributed by atoms with van der Waals surface area (Å²) in [5, 5.41) is 0. The average Bonchev–Trinajstić information content (AvgIpc) is 2.38. The number of piperidine rings is 1. The van der Waals surface area contributed by atoms with Crippen molar-refractivity contribution in [3.8, 4) is 0 Å². The molecule has 0 spiro atoms. The van der Waals surface area contributed by atoms with Crippen LogP contribution in [0.3, 0.4) is 0 Å². The molecule has 0 aromatic rings. The predicted octanol–water partition coefficient (Wildman–Crippen LogP) is 2.45. The molecule has 1 saturated heterocycles. The van der Waals surface area contributed by atoms with Crippen molar-refractivity contribution in [1.29, 1.82) is 0 Å². The highest BCUT2D eigenvalue weighted by Crippen LogP contribution is 2.35. The smallest absolute Gasteiger partial charge is 0.340 e. The molecule has 1 heterocycles. The number of halogens is 3. The number of hydrogen-bond acceptors (Lipinski definition) is 2. The summed E-state index contributed by atoms with van der Waals surface area (Å²) in [7, 11) is 0. The molecule has 1 saturated carbocycles. The van der Waals surface area contributed by atoms with Crippen molar-refractivity contribution >= 4 is 5.91 Å². The molecule has 1 atom stereocenters. The predicted molar refractivity (Wildman–Crippen MR) is 65.4 cm³/mol. The van der Waals surface area contributed by atoms with E-state index in [0.717, 1.165) is 19.3 Å². The normalized spacial score (nSPS) is 28.2. The van der Waals surface area contributed by atoms with Crippen molar-refractivity contribution in [3.63, 3.8) is 0 Å². The van der Waals surface area contributed by atoms with Gasteiger partial charge in [0.25, 0.3) is 0 Å². The van der Waals surface area contributed by atoms with Gasteiger partial charge >= 0.3 is 6.18 Å². The maximum absolute atomic E-state index is 12.7.